The van der Waals surface area contributed by atoms with Crippen LogP contribution in [-0.4, -0.2) is 45.5 Å². The van der Waals surface area contributed by atoms with Crippen LogP contribution < -0.4 is 4.90 Å². The zero-order valence-corrected chi connectivity index (χ0v) is 16.4. The van der Waals surface area contributed by atoms with Crippen LogP contribution >= 0.6 is 0 Å². The summed E-state index contributed by atoms with van der Waals surface area (Å²) in [5.41, 5.74) is 2.05. The van der Waals surface area contributed by atoms with Crippen LogP contribution in [0, 0.1) is 11.8 Å². The van der Waals surface area contributed by atoms with Crippen molar-refractivity contribution < 1.29 is 9.90 Å². The van der Waals surface area contributed by atoms with Gasteiger partial charge in [-0.3, -0.25) is 4.79 Å². The van der Waals surface area contributed by atoms with E-state index < -0.39 is 0 Å². The lowest BCUT2D eigenvalue weighted by atomic mass is 9.89. The predicted molar refractivity (Wildman–Crippen MR) is 111 cm³/mol. The van der Waals surface area contributed by atoms with Crippen LogP contribution in [0.5, 0.6) is 0 Å². The maximum atomic E-state index is 12.3. The Hall–Kier alpha value is -2.99. The number of fused-ring (bicyclic) bond motifs is 2. The molecule has 3 heterocycles. The number of hydrogen-bond donors (Lipinski definition) is 1. The second kappa shape index (κ2) is 7.12. The minimum absolute atomic E-state index is 0.0918. The third-order valence-electron chi connectivity index (χ3n) is 6.28. The number of aliphatic hydroxyl groups excluding tert-OH is 1. The van der Waals surface area contributed by atoms with Gasteiger partial charge in [0.25, 0.3) is 0 Å². The van der Waals surface area contributed by atoms with Crippen molar-refractivity contribution in [3.05, 3.63) is 66.0 Å². The van der Waals surface area contributed by atoms with E-state index in [0.717, 1.165) is 36.4 Å². The molecule has 29 heavy (non-hydrogen) atoms. The third kappa shape index (κ3) is 3.04. The molecule has 0 saturated carbocycles. The molecule has 0 bridgehead atoms. The summed E-state index contributed by atoms with van der Waals surface area (Å²) < 4.78 is 0. The van der Waals surface area contributed by atoms with Crippen LogP contribution in [0.3, 0.4) is 0 Å². The number of rotatable bonds is 3. The van der Waals surface area contributed by atoms with Crippen molar-refractivity contribution in [2.75, 3.05) is 24.5 Å². The molecule has 2 fully saturated rings. The summed E-state index contributed by atoms with van der Waals surface area (Å²) >= 11 is 0. The molecule has 2 aliphatic rings. The number of para-hydroxylation sites is 1. The van der Waals surface area contributed by atoms with Gasteiger partial charge in [0, 0.05) is 43.8 Å². The Morgan fingerprint density at radius 3 is 2.55 bits per heavy atom. The average molecular weight is 388 g/mol. The van der Waals surface area contributed by atoms with Crippen molar-refractivity contribution in [2.45, 2.75) is 19.6 Å². The summed E-state index contributed by atoms with van der Waals surface area (Å²) in [4.78, 5) is 25.8. The highest BCUT2D eigenvalue weighted by molar-refractivity contribution is 5.89. The molecule has 5 rings (SSSR count). The van der Waals surface area contributed by atoms with Crippen molar-refractivity contribution in [1.82, 2.24) is 14.9 Å². The molecule has 1 aromatic heterocycles. The first kappa shape index (κ1) is 18.1. The fourth-order valence-corrected chi connectivity index (χ4v) is 5.04. The molecular formula is C23H24N4O2. The maximum Gasteiger partial charge on any atom is 0.219 e. The van der Waals surface area contributed by atoms with Gasteiger partial charge in [-0.25, -0.2) is 9.97 Å². The highest BCUT2D eigenvalue weighted by Gasteiger charge is 2.48. The van der Waals surface area contributed by atoms with E-state index in [9.17, 15) is 9.90 Å². The largest absolute Gasteiger partial charge is 0.388 e. The zero-order valence-electron chi connectivity index (χ0n) is 16.4. The second-order valence-electron chi connectivity index (χ2n) is 7.99. The number of amides is 1. The molecule has 6 nitrogen and oxygen atoms in total. The van der Waals surface area contributed by atoms with Gasteiger partial charge < -0.3 is 14.9 Å². The van der Waals surface area contributed by atoms with E-state index in [4.69, 9.17) is 0 Å². The first-order valence-electron chi connectivity index (χ1n) is 10.1. The highest BCUT2D eigenvalue weighted by atomic mass is 16.3. The Balaban J connectivity index is 1.52. The normalized spacial score (nSPS) is 23.6. The molecule has 0 aliphatic carbocycles. The van der Waals surface area contributed by atoms with Gasteiger partial charge in [-0.2, -0.15) is 0 Å². The fraction of sp³-hybridized carbons (Fsp3) is 0.348. The molecule has 0 spiro atoms. The number of nitrogens with zero attached hydrogens (tertiary/aromatic N) is 4. The van der Waals surface area contributed by atoms with Crippen LogP contribution in [0.15, 0.2) is 54.6 Å². The van der Waals surface area contributed by atoms with E-state index in [1.54, 1.807) is 6.92 Å². The molecule has 3 aromatic rings. The van der Waals surface area contributed by atoms with E-state index in [2.05, 4.69) is 27.0 Å². The van der Waals surface area contributed by atoms with Crippen molar-refractivity contribution in [3.63, 3.8) is 0 Å². The molecule has 148 valence electrons. The van der Waals surface area contributed by atoms with Gasteiger partial charge >= 0.3 is 0 Å². The maximum absolute atomic E-state index is 12.3. The van der Waals surface area contributed by atoms with Gasteiger partial charge in [-0.1, -0.05) is 42.5 Å². The van der Waals surface area contributed by atoms with Gasteiger partial charge in [0.05, 0.1) is 11.6 Å². The Kier molecular flexibility index (Phi) is 4.43. The molecule has 1 N–H and O–H groups in total. The van der Waals surface area contributed by atoms with Crippen LogP contribution in [0.1, 0.15) is 24.4 Å². The number of carbonyl (C=O) groups is 1. The van der Waals surface area contributed by atoms with Crippen molar-refractivity contribution in [2.24, 2.45) is 11.8 Å². The summed E-state index contributed by atoms with van der Waals surface area (Å²) in [6.45, 7) is 3.94. The monoisotopic (exact) mass is 388 g/mol. The lowest BCUT2D eigenvalue weighted by molar-refractivity contribution is -0.130. The molecule has 2 saturated heterocycles. The molecule has 0 radical (unpaired) electrons. The molecule has 1 amide bonds. The summed E-state index contributed by atoms with van der Waals surface area (Å²) in [5, 5.41) is 10.6. The average Bonchev–Trinajstić information content (AvgIpc) is 3.31. The van der Waals surface area contributed by atoms with E-state index in [1.165, 1.54) is 5.56 Å². The van der Waals surface area contributed by atoms with Crippen molar-refractivity contribution >= 4 is 22.6 Å². The van der Waals surface area contributed by atoms with Crippen LogP contribution in [0.25, 0.3) is 10.9 Å². The molecule has 6 heteroatoms. The molecule has 3 atom stereocenters. The van der Waals surface area contributed by atoms with Gasteiger partial charge in [0.2, 0.25) is 5.91 Å². The number of anilines is 1. The minimum Gasteiger partial charge on any atom is -0.388 e. The molecular weight excluding hydrogens is 364 g/mol. The second-order valence-corrected chi connectivity index (χ2v) is 7.99. The van der Waals surface area contributed by atoms with Gasteiger partial charge in [-0.15, -0.1) is 0 Å². The van der Waals surface area contributed by atoms with Gasteiger partial charge in [0.15, 0.2) is 5.82 Å². The minimum atomic E-state index is -0.177. The van der Waals surface area contributed by atoms with E-state index in [-0.39, 0.29) is 18.6 Å². The van der Waals surface area contributed by atoms with Crippen LogP contribution in [-0.2, 0) is 11.4 Å². The zero-order chi connectivity index (χ0) is 20.0. The van der Waals surface area contributed by atoms with Crippen molar-refractivity contribution in [1.29, 1.82) is 0 Å². The van der Waals surface area contributed by atoms with E-state index in [1.807, 2.05) is 47.4 Å². The van der Waals surface area contributed by atoms with Gasteiger partial charge in [0.1, 0.15) is 12.4 Å². The summed E-state index contributed by atoms with van der Waals surface area (Å²) in [5.74, 6) is 2.22. The predicted octanol–water partition coefficient (Wildman–Crippen LogP) is 2.78. The molecule has 2 aromatic carbocycles. The quantitative estimate of drug-likeness (QED) is 0.747. The third-order valence-corrected chi connectivity index (χ3v) is 6.28. The Morgan fingerprint density at radius 2 is 1.79 bits per heavy atom. The van der Waals surface area contributed by atoms with Gasteiger partial charge in [-0.05, 0) is 17.7 Å². The number of hydrogen-bond acceptors (Lipinski definition) is 5. The first-order valence-corrected chi connectivity index (χ1v) is 10.1. The van der Waals surface area contributed by atoms with E-state index >= 15 is 0 Å². The van der Waals surface area contributed by atoms with Crippen LogP contribution in [0.4, 0.5) is 5.82 Å². The lowest BCUT2D eigenvalue weighted by Crippen LogP contribution is -2.34. The standard InChI is InChI=1S/C23H24N4O2/c1-15(29)27-12-17-11-26(13-19(17)22(27)16-7-3-2-4-8-16)23-18-9-5-6-10-20(18)24-21(14-28)25-23/h2-10,17,19,22,28H,11-14H2,1H3/t17-,19-,22-/m1/s1. The Bertz CT molecular complexity index is 1060. The Morgan fingerprint density at radius 1 is 1.03 bits per heavy atom. The van der Waals surface area contributed by atoms with Crippen LogP contribution in [0.2, 0.25) is 0 Å². The lowest BCUT2D eigenvalue weighted by Gasteiger charge is -2.29. The number of aromatic nitrogens is 2. The first-order chi connectivity index (χ1) is 14.2. The number of aliphatic hydroxyl groups is 1. The topological polar surface area (TPSA) is 69.6 Å². The Labute approximate surface area is 169 Å². The highest BCUT2D eigenvalue weighted by Crippen LogP contribution is 2.46. The number of benzene rings is 2. The number of likely N-dealkylation sites (tertiary alicyclic amines) is 1. The SMILES string of the molecule is CC(=O)N1C[C@H]2CN(c3nc(CO)nc4ccccc34)C[C@H]2[C@H]1c1ccccc1. The summed E-state index contributed by atoms with van der Waals surface area (Å²) in [7, 11) is 0. The molecule has 0 unspecified atom stereocenters. The summed E-state index contributed by atoms with van der Waals surface area (Å²) in [6.07, 6.45) is 0. The van der Waals surface area contributed by atoms with Crippen molar-refractivity contribution in [3.8, 4) is 0 Å². The summed E-state index contributed by atoms with van der Waals surface area (Å²) in [6, 6.07) is 18.4. The van der Waals surface area contributed by atoms with E-state index in [0.29, 0.717) is 17.7 Å². The molecule has 2 aliphatic heterocycles. The fourth-order valence-electron chi connectivity index (χ4n) is 5.04. The number of carbonyl (C=O) groups excluding carboxylic acids is 1. The smallest absolute Gasteiger partial charge is 0.219 e.